The molecular weight excluding hydrogens is 350 g/mol. The van der Waals surface area contributed by atoms with Crippen molar-refractivity contribution in [2.75, 3.05) is 20.1 Å². The third-order valence-corrected chi connectivity index (χ3v) is 5.90. The molecule has 7 heteroatoms. The van der Waals surface area contributed by atoms with Crippen LogP contribution in [0.4, 0.5) is 0 Å². The van der Waals surface area contributed by atoms with Gasteiger partial charge < -0.3 is 4.90 Å². The van der Waals surface area contributed by atoms with Gasteiger partial charge in [-0.2, -0.15) is 0 Å². The molecule has 1 aromatic rings. The zero-order valence-electron chi connectivity index (χ0n) is 15.8. The summed E-state index contributed by atoms with van der Waals surface area (Å²) in [5, 5.41) is 5.13. The Kier molecular flexibility index (Phi) is 6.97. The first-order chi connectivity index (χ1) is 12.2. The first-order valence-electron chi connectivity index (χ1n) is 9.06. The lowest BCUT2D eigenvalue weighted by atomic mass is 10.0. The van der Waals surface area contributed by atoms with Crippen LogP contribution in [0.2, 0.25) is 0 Å². The molecule has 1 aromatic carbocycles. The number of hydrogen-bond donors (Lipinski definition) is 1. The van der Waals surface area contributed by atoms with Gasteiger partial charge in [-0.05, 0) is 64.3 Å². The van der Waals surface area contributed by atoms with Crippen LogP contribution in [-0.2, 0) is 14.8 Å². The third-order valence-electron chi connectivity index (χ3n) is 4.97. The molecule has 1 aliphatic carbocycles. The van der Waals surface area contributed by atoms with E-state index in [1.54, 1.807) is 12.1 Å². The van der Waals surface area contributed by atoms with Gasteiger partial charge in [0.25, 0.3) is 0 Å². The van der Waals surface area contributed by atoms with E-state index in [2.05, 4.69) is 6.08 Å². The molecule has 0 saturated carbocycles. The largest absolute Gasteiger partial charge is 0.316 e. The normalized spacial score (nSPS) is 16.3. The Morgan fingerprint density at radius 3 is 2.38 bits per heavy atom. The van der Waals surface area contributed by atoms with Gasteiger partial charge in [0.15, 0.2) is 0 Å². The molecule has 1 atom stereocenters. The Hall–Kier alpha value is -1.70. The second kappa shape index (κ2) is 8.79. The van der Waals surface area contributed by atoms with Gasteiger partial charge in [0, 0.05) is 18.3 Å². The average Bonchev–Trinajstić information content (AvgIpc) is 2.62. The van der Waals surface area contributed by atoms with Crippen molar-refractivity contribution in [2.24, 2.45) is 5.14 Å². The number of nitrogens with two attached hydrogens (primary N) is 1. The van der Waals surface area contributed by atoms with Crippen molar-refractivity contribution in [1.82, 2.24) is 9.80 Å². The number of likely N-dealkylation sites (N-methyl/N-ethyl adjacent to an activating group) is 2. The number of carbonyl (C=O) groups excluding carboxylic acids is 1. The molecule has 6 nitrogen and oxygen atoms in total. The highest BCUT2D eigenvalue weighted by Crippen LogP contribution is 2.23. The molecular formula is C19H29N3O3S. The lowest BCUT2D eigenvalue weighted by Crippen LogP contribution is -2.39. The van der Waals surface area contributed by atoms with E-state index in [4.69, 9.17) is 5.14 Å². The van der Waals surface area contributed by atoms with Crippen molar-refractivity contribution < 1.29 is 13.2 Å². The van der Waals surface area contributed by atoms with Crippen LogP contribution in [-0.4, -0.2) is 44.3 Å². The van der Waals surface area contributed by atoms with E-state index in [9.17, 15) is 13.2 Å². The maximum atomic E-state index is 12.8. The molecule has 1 aliphatic rings. The van der Waals surface area contributed by atoms with Crippen LogP contribution in [0.1, 0.15) is 51.1 Å². The first-order valence-corrected chi connectivity index (χ1v) is 10.6. The fraction of sp³-hybridized carbons (Fsp3) is 0.526. The molecule has 0 heterocycles. The molecule has 1 unspecified atom stereocenters. The van der Waals surface area contributed by atoms with Crippen LogP contribution in [0, 0.1) is 0 Å². The van der Waals surface area contributed by atoms with Crippen molar-refractivity contribution >= 4 is 15.9 Å². The van der Waals surface area contributed by atoms with Gasteiger partial charge >= 0.3 is 0 Å². The molecule has 0 aromatic heterocycles. The van der Waals surface area contributed by atoms with Gasteiger partial charge in [0.2, 0.25) is 15.9 Å². The van der Waals surface area contributed by atoms with Gasteiger partial charge in [-0.15, -0.1) is 0 Å². The van der Waals surface area contributed by atoms with Crippen LogP contribution in [0.3, 0.4) is 0 Å². The second-order valence-corrected chi connectivity index (χ2v) is 8.35. The van der Waals surface area contributed by atoms with E-state index < -0.39 is 10.0 Å². The number of sulfonamides is 1. The van der Waals surface area contributed by atoms with Crippen molar-refractivity contribution in [3.05, 3.63) is 41.6 Å². The van der Waals surface area contributed by atoms with E-state index in [1.807, 2.05) is 30.7 Å². The molecule has 2 rings (SSSR count). The van der Waals surface area contributed by atoms with E-state index in [-0.39, 0.29) is 16.8 Å². The Morgan fingerprint density at radius 2 is 1.88 bits per heavy atom. The van der Waals surface area contributed by atoms with E-state index in [0.717, 1.165) is 30.5 Å². The summed E-state index contributed by atoms with van der Waals surface area (Å²) in [6.07, 6.45) is 6.52. The van der Waals surface area contributed by atoms with Crippen LogP contribution in [0.25, 0.3) is 0 Å². The molecule has 2 N–H and O–H groups in total. The SMILES string of the molecule is CCN(C(=O)CN(C)C(C)c1ccc(S(N)(=O)=O)cc1)C1=CCCCC1. The molecule has 0 aliphatic heterocycles. The lowest BCUT2D eigenvalue weighted by Gasteiger charge is -2.30. The molecule has 0 fully saturated rings. The monoisotopic (exact) mass is 379 g/mol. The molecule has 0 bridgehead atoms. The van der Waals surface area contributed by atoms with E-state index in [1.165, 1.54) is 18.6 Å². The van der Waals surface area contributed by atoms with Crippen LogP contribution in [0.5, 0.6) is 0 Å². The quantitative estimate of drug-likeness (QED) is 0.789. The third kappa shape index (κ3) is 5.16. The summed E-state index contributed by atoms with van der Waals surface area (Å²) in [7, 11) is -1.79. The molecule has 1 amide bonds. The molecule has 0 radical (unpaired) electrons. The Labute approximate surface area is 156 Å². The number of primary sulfonamides is 1. The fourth-order valence-electron chi connectivity index (χ4n) is 3.23. The highest BCUT2D eigenvalue weighted by Gasteiger charge is 2.22. The Bertz CT molecular complexity index is 757. The summed E-state index contributed by atoms with van der Waals surface area (Å²) < 4.78 is 22.7. The summed E-state index contributed by atoms with van der Waals surface area (Å²) in [5.74, 6) is 0.0937. The van der Waals surface area contributed by atoms with Gasteiger partial charge in [-0.3, -0.25) is 9.69 Å². The topological polar surface area (TPSA) is 83.7 Å². The van der Waals surface area contributed by atoms with Gasteiger partial charge in [-0.25, -0.2) is 13.6 Å². The second-order valence-electron chi connectivity index (χ2n) is 6.78. The molecule has 26 heavy (non-hydrogen) atoms. The summed E-state index contributed by atoms with van der Waals surface area (Å²) in [4.78, 5) is 16.7. The van der Waals surface area contributed by atoms with Crippen LogP contribution >= 0.6 is 0 Å². The highest BCUT2D eigenvalue weighted by molar-refractivity contribution is 7.89. The number of carbonyl (C=O) groups is 1. The molecule has 0 spiro atoms. The highest BCUT2D eigenvalue weighted by atomic mass is 32.2. The minimum atomic E-state index is -3.69. The number of amides is 1. The maximum Gasteiger partial charge on any atom is 0.240 e. The standard InChI is InChI=1S/C19H29N3O3S/c1-4-22(17-8-6-5-7-9-17)19(23)14-21(3)15(2)16-10-12-18(13-11-16)26(20,24)25/h8,10-13,15H,4-7,9,14H2,1-3H3,(H2,20,24,25). The van der Waals surface area contributed by atoms with Crippen LogP contribution in [0.15, 0.2) is 40.9 Å². The number of benzene rings is 1. The fourth-order valence-corrected chi connectivity index (χ4v) is 3.75. The molecule has 144 valence electrons. The average molecular weight is 380 g/mol. The van der Waals surface area contributed by atoms with Gasteiger partial charge in [-0.1, -0.05) is 18.2 Å². The minimum Gasteiger partial charge on any atom is -0.316 e. The number of hydrogen-bond acceptors (Lipinski definition) is 4. The number of rotatable bonds is 7. The smallest absolute Gasteiger partial charge is 0.240 e. The Morgan fingerprint density at radius 1 is 1.23 bits per heavy atom. The predicted molar refractivity (Wildman–Crippen MR) is 103 cm³/mol. The maximum absolute atomic E-state index is 12.8. The zero-order chi connectivity index (χ0) is 19.3. The van der Waals surface area contributed by atoms with Crippen molar-refractivity contribution in [3.63, 3.8) is 0 Å². The van der Waals surface area contributed by atoms with E-state index >= 15 is 0 Å². The predicted octanol–water partition coefficient (Wildman–Crippen LogP) is 2.63. The molecule has 0 saturated heterocycles. The van der Waals surface area contributed by atoms with Crippen molar-refractivity contribution in [1.29, 1.82) is 0 Å². The number of allylic oxidation sites excluding steroid dienone is 2. The summed E-state index contributed by atoms with van der Waals surface area (Å²) >= 11 is 0. The summed E-state index contributed by atoms with van der Waals surface area (Å²) in [6, 6.07) is 6.47. The minimum absolute atomic E-state index is 0.0208. The Balaban J connectivity index is 2.04. The van der Waals surface area contributed by atoms with Crippen molar-refractivity contribution in [2.45, 2.75) is 50.5 Å². The van der Waals surface area contributed by atoms with Gasteiger partial charge in [0.05, 0.1) is 11.4 Å². The lowest BCUT2D eigenvalue weighted by molar-refractivity contribution is -0.130. The summed E-state index contributed by atoms with van der Waals surface area (Å²) in [5.41, 5.74) is 2.08. The van der Waals surface area contributed by atoms with Gasteiger partial charge in [0.1, 0.15) is 0 Å². The van der Waals surface area contributed by atoms with E-state index in [0.29, 0.717) is 13.1 Å². The van der Waals surface area contributed by atoms with Crippen molar-refractivity contribution in [3.8, 4) is 0 Å². The summed E-state index contributed by atoms with van der Waals surface area (Å²) in [6.45, 7) is 4.98. The zero-order valence-corrected chi connectivity index (χ0v) is 16.6. The first kappa shape index (κ1) is 20.6. The number of nitrogens with zero attached hydrogens (tertiary/aromatic N) is 2. The van der Waals surface area contributed by atoms with Crippen LogP contribution < -0.4 is 5.14 Å².